The quantitative estimate of drug-likeness (QED) is 0.696. The molecule has 1 aromatic rings. The fraction of sp³-hybridized carbons (Fsp3) is 0.400. The number of hydrogen-bond acceptors (Lipinski definition) is 1. The van der Waals surface area contributed by atoms with Crippen LogP contribution in [0.15, 0.2) is 18.2 Å². The van der Waals surface area contributed by atoms with Crippen LogP contribution in [0.1, 0.15) is 5.56 Å². The van der Waals surface area contributed by atoms with Crippen LogP contribution < -0.4 is 0 Å². The van der Waals surface area contributed by atoms with Gasteiger partial charge in [0.15, 0.2) is 0 Å². The van der Waals surface area contributed by atoms with Crippen LogP contribution in [0.3, 0.4) is 0 Å². The molecule has 0 radical (unpaired) electrons. The van der Waals surface area contributed by atoms with Gasteiger partial charge in [-0.3, -0.25) is 0 Å². The Morgan fingerprint density at radius 3 is 2.54 bits per heavy atom. The fourth-order valence-corrected chi connectivity index (χ4v) is 1.08. The van der Waals surface area contributed by atoms with Gasteiger partial charge in [-0.25, -0.2) is 8.78 Å². The van der Waals surface area contributed by atoms with Crippen molar-refractivity contribution in [1.29, 1.82) is 0 Å². The minimum absolute atomic E-state index is 0.330. The van der Waals surface area contributed by atoms with Gasteiger partial charge in [-0.2, -0.15) is 0 Å². The maximum atomic E-state index is 13.0. The molecule has 1 rings (SSSR count). The zero-order chi connectivity index (χ0) is 9.84. The molecule has 0 saturated carbocycles. The molecule has 0 fully saturated rings. The van der Waals surface area contributed by atoms with Crippen molar-refractivity contribution in [2.75, 3.05) is 20.6 Å². The van der Waals surface area contributed by atoms with Crippen molar-refractivity contribution in [3.63, 3.8) is 0 Å². The second kappa shape index (κ2) is 4.33. The lowest BCUT2D eigenvalue weighted by Gasteiger charge is -2.09. The van der Waals surface area contributed by atoms with Gasteiger partial charge < -0.3 is 4.90 Å². The van der Waals surface area contributed by atoms with Gasteiger partial charge in [0.05, 0.1) is 0 Å². The summed E-state index contributed by atoms with van der Waals surface area (Å²) >= 11 is 0. The number of likely N-dealkylation sites (N-methyl/N-ethyl adjacent to an activating group) is 1. The van der Waals surface area contributed by atoms with Crippen molar-refractivity contribution in [3.8, 4) is 0 Å². The summed E-state index contributed by atoms with van der Waals surface area (Å²) in [5.41, 5.74) is 0.439. The molecule has 0 aliphatic carbocycles. The van der Waals surface area contributed by atoms with Gasteiger partial charge in [0, 0.05) is 6.54 Å². The minimum Gasteiger partial charge on any atom is -0.309 e. The SMILES string of the molecule is CN(C)CCc1cc(F)ccc1F. The molecule has 0 N–H and O–H groups in total. The largest absolute Gasteiger partial charge is 0.309 e. The van der Waals surface area contributed by atoms with Crippen LogP contribution in [-0.4, -0.2) is 25.5 Å². The van der Waals surface area contributed by atoms with E-state index in [1.165, 1.54) is 12.1 Å². The van der Waals surface area contributed by atoms with Crippen LogP contribution in [0.4, 0.5) is 8.78 Å². The molecule has 1 aromatic carbocycles. The standard InChI is InChI=1S/C10H13F2N/c1-13(2)6-5-8-7-9(11)3-4-10(8)12/h3-4,7H,5-6H2,1-2H3. The molecule has 13 heavy (non-hydrogen) atoms. The molecule has 3 heteroatoms. The van der Waals surface area contributed by atoms with Gasteiger partial charge in [-0.1, -0.05) is 0 Å². The van der Waals surface area contributed by atoms with Crippen molar-refractivity contribution in [2.45, 2.75) is 6.42 Å². The number of rotatable bonds is 3. The van der Waals surface area contributed by atoms with Crippen LogP contribution in [0, 0.1) is 11.6 Å². The van der Waals surface area contributed by atoms with Gasteiger partial charge in [0.2, 0.25) is 0 Å². The smallest absolute Gasteiger partial charge is 0.126 e. The molecule has 0 bridgehead atoms. The monoisotopic (exact) mass is 185 g/mol. The fourth-order valence-electron chi connectivity index (χ4n) is 1.08. The van der Waals surface area contributed by atoms with Crippen molar-refractivity contribution < 1.29 is 8.78 Å². The predicted molar refractivity (Wildman–Crippen MR) is 48.6 cm³/mol. The molecule has 0 atom stereocenters. The predicted octanol–water partition coefficient (Wildman–Crippen LogP) is 2.07. The third kappa shape index (κ3) is 3.11. The average molecular weight is 185 g/mol. The molecular weight excluding hydrogens is 172 g/mol. The lowest BCUT2D eigenvalue weighted by Crippen LogP contribution is -2.15. The summed E-state index contributed by atoms with van der Waals surface area (Å²) in [6.45, 7) is 0.723. The molecule has 0 unspecified atom stereocenters. The molecule has 0 aliphatic rings. The zero-order valence-corrected chi connectivity index (χ0v) is 7.85. The van der Waals surface area contributed by atoms with Crippen molar-refractivity contribution >= 4 is 0 Å². The Hall–Kier alpha value is -0.960. The van der Waals surface area contributed by atoms with Crippen molar-refractivity contribution in [2.24, 2.45) is 0 Å². The molecule has 0 aromatic heterocycles. The molecule has 0 spiro atoms. The zero-order valence-electron chi connectivity index (χ0n) is 7.85. The van der Waals surface area contributed by atoms with Gasteiger partial charge in [-0.15, -0.1) is 0 Å². The first kappa shape index (κ1) is 10.1. The van der Waals surface area contributed by atoms with E-state index in [0.717, 1.165) is 12.6 Å². The van der Waals surface area contributed by atoms with E-state index in [1.807, 2.05) is 19.0 Å². The van der Waals surface area contributed by atoms with Gasteiger partial charge in [0.25, 0.3) is 0 Å². The summed E-state index contributed by atoms with van der Waals surface area (Å²) < 4.78 is 25.7. The minimum atomic E-state index is -0.379. The first-order chi connectivity index (χ1) is 6.09. The molecule has 72 valence electrons. The van der Waals surface area contributed by atoms with Crippen LogP contribution in [0.2, 0.25) is 0 Å². The van der Waals surface area contributed by atoms with Crippen molar-refractivity contribution in [1.82, 2.24) is 4.90 Å². The van der Waals surface area contributed by atoms with E-state index in [1.54, 1.807) is 0 Å². The van der Waals surface area contributed by atoms with E-state index in [4.69, 9.17) is 0 Å². The van der Waals surface area contributed by atoms with Gasteiger partial charge in [0.1, 0.15) is 11.6 Å². The Labute approximate surface area is 77.0 Å². The molecule has 0 amide bonds. The molecule has 0 heterocycles. The second-order valence-corrected chi connectivity index (χ2v) is 3.29. The summed E-state index contributed by atoms with van der Waals surface area (Å²) in [4.78, 5) is 1.93. The van der Waals surface area contributed by atoms with Crippen LogP contribution in [0.5, 0.6) is 0 Å². The maximum Gasteiger partial charge on any atom is 0.126 e. The number of nitrogens with zero attached hydrogens (tertiary/aromatic N) is 1. The van der Waals surface area contributed by atoms with E-state index in [-0.39, 0.29) is 11.6 Å². The van der Waals surface area contributed by atoms with Gasteiger partial charge in [-0.05, 0) is 44.3 Å². The summed E-state index contributed by atoms with van der Waals surface area (Å²) in [5, 5.41) is 0. The average Bonchev–Trinajstić information content (AvgIpc) is 2.06. The highest BCUT2D eigenvalue weighted by Crippen LogP contribution is 2.10. The van der Waals surface area contributed by atoms with Gasteiger partial charge >= 0.3 is 0 Å². The topological polar surface area (TPSA) is 3.24 Å². The summed E-state index contributed by atoms with van der Waals surface area (Å²) in [7, 11) is 3.80. The lowest BCUT2D eigenvalue weighted by atomic mass is 10.1. The first-order valence-electron chi connectivity index (χ1n) is 4.18. The van der Waals surface area contributed by atoms with Crippen LogP contribution in [-0.2, 0) is 6.42 Å². The highest BCUT2D eigenvalue weighted by Gasteiger charge is 2.03. The Bertz CT molecular complexity index is 284. The molecular formula is C10H13F2N. The summed E-state index contributed by atoms with van der Waals surface area (Å²) in [6, 6.07) is 3.55. The van der Waals surface area contributed by atoms with E-state index in [2.05, 4.69) is 0 Å². The lowest BCUT2D eigenvalue weighted by molar-refractivity contribution is 0.409. The first-order valence-corrected chi connectivity index (χ1v) is 4.18. The Morgan fingerprint density at radius 1 is 1.23 bits per heavy atom. The summed E-state index contributed by atoms with van der Waals surface area (Å²) in [6.07, 6.45) is 0.538. The second-order valence-electron chi connectivity index (χ2n) is 3.29. The van der Waals surface area contributed by atoms with E-state index >= 15 is 0 Å². The molecule has 1 nitrogen and oxygen atoms in total. The number of benzene rings is 1. The normalized spacial score (nSPS) is 10.8. The highest BCUT2D eigenvalue weighted by molar-refractivity contribution is 5.18. The highest BCUT2D eigenvalue weighted by atomic mass is 19.1. The van der Waals surface area contributed by atoms with E-state index in [0.29, 0.717) is 12.0 Å². The Kier molecular flexibility index (Phi) is 3.37. The third-order valence-electron chi connectivity index (χ3n) is 1.84. The Balaban J connectivity index is 2.70. The third-order valence-corrected chi connectivity index (χ3v) is 1.84. The molecule has 0 aliphatic heterocycles. The summed E-state index contributed by atoms with van der Waals surface area (Å²) in [5.74, 6) is -0.710. The van der Waals surface area contributed by atoms with E-state index in [9.17, 15) is 8.78 Å². The maximum absolute atomic E-state index is 13.0. The van der Waals surface area contributed by atoms with Crippen LogP contribution >= 0.6 is 0 Å². The Morgan fingerprint density at radius 2 is 1.92 bits per heavy atom. The van der Waals surface area contributed by atoms with Crippen LogP contribution in [0.25, 0.3) is 0 Å². The van der Waals surface area contributed by atoms with Crippen molar-refractivity contribution in [3.05, 3.63) is 35.4 Å². The number of halogens is 2. The molecule has 0 saturated heterocycles. The number of hydrogen-bond donors (Lipinski definition) is 0. The van der Waals surface area contributed by atoms with E-state index < -0.39 is 0 Å².